The molecule has 0 aliphatic carbocycles. The first-order valence-corrected chi connectivity index (χ1v) is 7.80. The van der Waals surface area contributed by atoms with Crippen LogP contribution < -0.4 is 5.32 Å². The molecule has 18 heavy (non-hydrogen) atoms. The largest absolute Gasteiger partial charge is 0.382 e. The Kier molecular flexibility index (Phi) is 8.64. The fraction of sp³-hybridized carbons (Fsp3) is 1.00. The molecule has 0 amide bonds. The van der Waals surface area contributed by atoms with Gasteiger partial charge in [-0.05, 0) is 58.7 Å². The van der Waals surface area contributed by atoms with Gasteiger partial charge in [-0.15, -0.1) is 0 Å². The second-order valence-corrected chi connectivity index (χ2v) is 5.49. The van der Waals surface area contributed by atoms with E-state index in [2.05, 4.69) is 31.0 Å². The SMILES string of the molecule is CCOCCCNCC(C)N1CCC(CC)CC1. The summed E-state index contributed by atoms with van der Waals surface area (Å²) in [7, 11) is 0. The first-order chi connectivity index (χ1) is 8.77. The van der Waals surface area contributed by atoms with Crippen LogP contribution in [0, 0.1) is 5.92 Å². The molecule has 1 rings (SSSR count). The molecule has 0 aromatic heterocycles. The minimum atomic E-state index is 0.676. The molecule has 0 aromatic rings. The van der Waals surface area contributed by atoms with Gasteiger partial charge in [-0.1, -0.05) is 13.3 Å². The molecule has 1 unspecified atom stereocenters. The second kappa shape index (κ2) is 9.76. The van der Waals surface area contributed by atoms with Gasteiger partial charge in [0.15, 0.2) is 0 Å². The van der Waals surface area contributed by atoms with Crippen LogP contribution in [0.1, 0.15) is 46.5 Å². The summed E-state index contributed by atoms with van der Waals surface area (Å²) in [5.74, 6) is 0.979. The van der Waals surface area contributed by atoms with Crippen LogP contribution in [0.2, 0.25) is 0 Å². The fourth-order valence-electron chi connectivity index (χ4n) is 2.69. The Hall–Kier alpha value is -0.120. The first-order valence-electron chi connectivity index (χ1n) is 7.80. The summed E-state index contributed by atoms with van der Waals surface area (Å²) < 4.78 is 5.33. The van der Waals surface area contributed by atoms with Gasteiger partial charge >= 0.3 is 0 Å². The molecule has 1 fully saturated rings. The Morgan fingerprint density at radius 1 is 1.28 bits per heavy atom. The maximum absolute atomic E-state index is 5.33. The van der Waals surface area contributed by atoms with Crippen molar-refractivity contribution in [1.82, 2.24) is 10.2 Å². The Balaban J connectivity index is 2.01. The summed E-state index contributed by atoms with van der Waals surface area (Å²) in [5, 5.41) is 3.54. The van der Waals surface area contributed by atoms with Gasteiger partial charge in [-0.2, -0.15) is 0 Å². The maximum atomic E-state index is 5.33. The van der Waals surface area contributed by atoms with Crippen molar-refractivity contribution < 1.29 is 4.74 Å². The molecule has 1 saturated heterocycles. The van der Waals surface area contributed by atoms with Gasteiger partial charge in [-0.3, -0.25) is 4.90 Å². The van der Waals surface area contributed by atoms with E-state index < -0.39 is 0 Å². The molecule has 0 radical (unpaired) electrons. The summed E-state index contributed by atoms with van der Waals surface area (Å²) in [6.07, 6.45) is 5.27. The smallest absolute Gasteiger partial charge is 0.0477 e. The van der Waals surface area contributed by atoms with Crippen LogP contribution in [0.5, 0.6) is 0 Å². The number of piperidine rings is 1. The van der Waals surface area contributed by atoms with E-state index in [0.717, 1.165) is 38.6 Å². The lowest BCUT2D eigenvalue weighted by Gasteiger charge is -2.36. The number of likely N-dealkylation sites (tertiary alicyclic amines) is 1. The molecule has 1 aliphatic heterocycles. The quantitative estimate of drug-likeness (QED) is 0.642. The monoisotopic (exact) mass is 256 g/mol. The van der Waals surface area contributed by atoms with E-state index in [4.69, 9.17) is 4.74 Å². The molecule has 3 nitrogen and oxygen atoms in total. The average Bonchev–Trinajstić information content (AvgIpc) is 2.42. The summed E-state index contributed by atoms with van der Waals surface area (Å²) in [4.78, 5) is 2.64. The molecule has 1 atom stereocenters. The standard InChI is InChI=1S/C15H32N2O/c1-4-15-7-10-17(11-8-15)14(3)13-16-9-6-12-18-5-2/h14-16H,4-13H2,1-3H3. The van der Waals surface area contributed by atoms with E-state index >= 15 is 0 Å². The van der Waals surface area contributed by atoms with Crippen molar-refractivity contribution in [3.63, 3.8) is 0 Å². The zero-order valence-electron chi connectivity index (χ0n) is 12.6. The predicted molar refractivity (Wildman–Crippen MR) is 78.0 cm³/mol. The lowest BCUT2D eigenvalue weighted by atomic mass is 9.94. The van der Waals surface area contributed by atoms with Crippen LogP contribution in [-0.2, 0) is 4.74 Å². The number of rotatable bonds is 9. The molecule has 3 heteroatoms. The number of nitrogens with zero attached hydrogens (tertiary/aromatic N) is 1. The zero-order valence-corrected chi connectivity index (χ0v) is 12.6. The highest BCUT2D eigenvalue weighted by atomic mass is 16.5. The third-order valence-corrected chi connectivity index (χ3v) is 4.14. The molecule has 108 valence electrons. The molecule has 0 aromatic carbocycles. The highest BCUT2D eigenvalue weighted by molar-refractivity contribution is 4.76. The second-order valence-electron chi connectivity index (χ2n) is 5.49. The molecule has 1 heterocycles. The summed E-state index contributed by atoms with van der Waals surface area (Å²) in [6.45, 7) is 13.2. The van der Waals surface area contributed by atoms with Gasteiger partial charge in [-0.25, -0.2) is 0 Å². The van der Waals surface area contributed by atoms with Crippen LogP contribution in [0.4, 0.5) is 0 Å². The molecule has 0 saturated carbocycles. The lowest BCUT2D eigenvalue weighted by Crippen LogP contribution is -2.44. The van der Waals surface area contributed by atoms with E-state index in [1.807, 2.05) is 0 Å². The van der Waals surface area contributed by atoms with Gasteiger partial charge in [0.1, 0.15) is 0 Å². The number of hydrogen-bond donors (Lipinski definition) is 1. The van der Waals surface area contributed by atoms with Crippen molar-refractivity contribution in [3.8, 4) is 0 Å². The van der Waals surface area contributed by atoms with Gasteiger partial charge in [0.2, 0.25) is 0 Å². The van der Waals surface area contributed by atoms with Crippen molar-refractivity contribution in [3.05, 3.63) is 0 Å². The number of ether oxygens (including phenoxy) is 1. The van der Waals surface area contributed by atoms with Crippen molar-refractivity contribution in [1.29, 1.82) is 0 Å². The molecular weight excluding hydrogens is 224 g/mol. The Labute approximate surface area is 113 Å². The summed E-state index contributed by atoms with van der Waals surface area (Å²) >= 11 is 0. The Bertz CT molecular complexity index is 191. The molecule has 0 bridgehead atoms. The Morgan fingerprint density at radius 3 is 2.61 bits per heavy atom. The third-order valence-electron chi connectivity index (χ3n) is 4.14. The predicted octanol–water partition coefficient (Wildman–Crippen LogP) is 2.51. The molecule has 1 aliphatic rings. The number of nitrogens with one attached hydrogen (secondary N) is 1. The van der Waals surface area contributed by atoms with Crippen molar-refractivity contribution in [2.75, 3.05) is 39.4 Å². The minimum Gasteiger partial charge on any atom is -0.382 e. The van der Waals surface area contributed by atoms with Crippen LogP contribution in [-0.4, -0.2) is 50.3 Å². The van der Waals surface area contributed by atoms with Crippen LogP contribution in [0.15, 0.2) is 0 Å². The van der Waals surface area contributed by atoms with E-state index in [1.54, 1.807) is 0 Å². The van der Waals surface area contributed by atoms with E-state index in [0.29, 0.717) is 6.04 Å². The Morgan fingerprint density at radius 2 is 2.00 bits per heavy atom. The maximum Gasteiger partial charge on any atom is 0.0477 e. The van der Waals surface area contributed by atoms with Crippen LogP contribution in [0.25, 0.3) is 0 Å². The van der Waals surface area contributed by atoms with Crippen LogP contribution >= 0.6 is 0 Å². The molecule has 1 N–H and O–H groups in total. The van der Waals surface area contributed by atoms with E-state index in [9.17, 15) is 0 Å². The van der Waals surface area contributed by atoms with Gasteiger partial charge < -0.3 is 10.1 Å². The van der Waals surface area contributed by atoms with Gasteiger partial charge in [0.25, 0.3) is 0 Å². The van der Waals surface area contributed by atoms with Crippen molar-refractivity contribution in [2.24, 2.45) is 5.92 Å². The number of hydrogen-bond acceptors (Lipinski definition) is 3. The normalized spacial score (nSPS) is 20.2. The summed E-state index contributed by atoms with van der Waals surface area (Å²) in [6, 6.07) is 0.676. The molecule has 0 spiro atoms. The first kappa shape index (κ1) is 15.9. The van der Waals surface area contributed by atoms with Crippen molar-refractivity contribution >= 4 is 0 Å². The van der Waals surface area contributed by atoms with Gasteiger partial charge in [0, 0.05) is 25.8 Å². The highest BCUT2D eigenvalue weighted by Crippen LogP contribution is 2.21. The zero-order chi connectivity index (χ0) is 13.2. The van der Waals surface area contributed by atoms with E-state index in [1.165, 1.54) is 32.4 Å². The van der Waals surface area contributed by atoms with Crippen molar-refractivity contribution in [2.45, 2.75) is 52.5 Å². The van der Waals surface area contributed by atoms with E-state index in [-0.39, 0.29) is 0 Å². The lowest BCUT2D eigenvalue weighted by molar-refractivity contribution is 0.132. The average molecular weight is 256 g/mol. The van der Waals surface area contributed by atoms with Gasteiger partial charge in [0.05, 0.1) is 0 Å². The minimum absolute atomic E-state index is 0.676. The highest BCUT2D eigenvalue weighted by Gasteiger charge is 2.21. The van der Waals surface area contributed by atoms with Crippen LogP contribution in [0.3, 0.4) is 0 Å². The topological polar surface area (TPSA) is 24.5 Å². The third kappa shape index (κ3) is 6.17. The molecular formula is C15H32N2O. The fourth-order valence-corrected chi connectivity index (χ4v) is 2.69. The summed E-state index contributed by atoms with van der Waals surface area (Å²) in [5.41, 5.74) is 0.